The van der Waals surface area contributed by atoms with E-state index in [1.807, 2.05) is 0 Å². The molecule has 0 aromatic rings. The van der Waals surface area contributed by atoms with Crippen LogP contribution in [0.3, 0.4) is 0 Å². The molecule has 0 aliphatic rings. The molecule has 0 amide bonds. The number of carboxylic acids is 2. The predicted octanol–water partition coefficient (Wildman–Crippen LogP) is -1.65. The van der Waals surface area contributed by atoms with Gasteiger partial charge in [0.2, 0.25) is 0 Å². The third-order valence-corrected chi connectivity index (χ3v) is 0.576. The van der Waals surface area contributed by atoms with E-state index < -0.39 is 11.9 Å². The Hall–Kier alpha value is -1.66. The Labute approximate surface area is 69.4 Å². The molecule has 12 heavy (non-hydrogen) atoms. The highest BCUT2D eigenvalue weighted by Crippen LogP contribution is 1.74. The zero-order valence-electron chi connectivity index (χ0n) is 6.94. The molecule has 0 fully saturated rings. The van der Waals surface area contributed by atoms with E-state index in [1.54, 1.807) is 0 Å². The zero-order valence-corrected chi connectivity index (χ0v) is 6.94. The minimum absolute atomic E-state index is 0. The molecule has 0 heterocycles. The second kappa shape index (κ2) is 9.34. The van der Waals surface area contributed by atoms with E-state index in [0.717, 1.165) is 12.2 Å². The van der Waals surface area contributed by atoms with Crippen LogP contribution in [0.5, 0.6) is 0 Å². The molecule has 0 spiro atoms. The first-order valence-corrected chi connectivity index (χ1v) is 2.39. The van der Waals surface area contributed by atoms with Crippen molar-refractivity contribution in [3.8, 4) is 0 Å². The Kier molecular flexibility index (Phi) is 13.0. The van der Waals surface area contributed by atoms with Crippen LogP contribution in [0, 0.1) is 0 Å². The lowest BCUT2D eigenvalue weighted by Gasteiger charge is -1.88. The van der Waals surface area contributed by atoms with Crippen molar-refractivity contribution < 1.29 is 19.8 Å². The van der Waals surface area contributed by atoms with Gasteiger partial charge in [-0.25, -0.2) is 0 Å². The molecule has 8 N–H and O–H groups in total. The molecule has 0 unspecified atom stereocenters. The van der Waals surface area contributed by atoms with Gasteiger partial charge in [-0.2, -0.15) is 0 Å². The lowest BCUT2D eigenvalue weighted by Crippen LogP contribution is -2.19. The fourth-order valence-electron chi connectivity index (χ4n) is 0.268. The summed E-state index contributed by atoms with van der Waals surface area (Å²) in [5, 5.41) is 19.3. The number of hydrogen-bond acceptors (Lipinski definition) is 4. The van der Waals surface area contributed by atoms with Gasteiger partial charge in [-0.1, -0.05) is 12.2 Å². The molecule has 0 radical (unpaired) electrons. The quantitative estimate of drug-likeness (QED) is 0.390. The fourth-order valence-corrected chi connectivity index (χ4v) is 0.268. The fraction of sp³-hybridized carbons (Fsp3) is 0. The number of carboxylic acid groups (broad SMARTS) is 2. The molecule has 0 aliphatic heterocycles. The monoisotopic (exact) mass is 176 g/mol. The summed E-state index contributed by atoms with van der Waals surface area (Å²) in [6.07, 6.45) is 3.48. The van der Waals surface area contributed by atoms with E-state index in [9.17, 15) is 19.8 Å². The number of aliphatic carboxylic acids is 2. The maximum Gasteiger partial charge on any atom is 0.0642 e. The number of carbonyl (C=O) groups excluding carboxylic acids is 2. The third-order valence-electron chi connectivity index (χ3n) is 0.576. The highest BCUT2D eigenvalue weighted by atomic mass is 16.4. The number of quaternary nitrogens is 2. The number of hydrogen-bond donors (Lipinski definition) is 2. The first-order chi connectivity index (χ1) is 4.63. The average molecular weight is 176 g/mol. The first kappa shape index (κ1) is 16.7. The molecule has 6 heteroatoms. The van der Waals surface area contributed by atoms with Crippen molar-refractivity contribution in [2.75, 3.05) is 0 Å². The summed E-state index contributed by atoms with van der Waals surface area (Å²) in [6, 6.07) is 0. The second-order valence-electron chi connectivity index (χ2n) is 1.36. The van der Waals surface area contributed by atoms with Crippen LogP contribution < -0.4 is 22.5 Å². The van der Waals surface area contributed by atoms with E-state index in [4.69, 9.17) is 0 Å². The van der Waals surface area contributed by atoms with E-state index in [-0.39, 0.29) is 12.3 Å². The van der Waals surface area contributed by atoms with Crippen LogP contribution in [0.25, 0.3) is 0 Å². The van der Waals surface area contributed by atoms with Crippen LogP contribution >= 0.6 is 0 Å². The van der Waals surface area contributed by atoms with Crippen molar-refractivity contribution in [2.45, 2.75) is 0 Å². The van der Waals surface area contributed by atoms with Gasteiger partial charge in [-0.3, -0.25) is 0 Å². The largest absolute Gasteiger partial charge is 0.545 e. The maximum absolute atomic E-state index is 9.65. The van der Waals surface area contributed by atoms with Gasteiger partial charge in [-0.15, -0.1) is 0 Å². The van der Waals surface area contributed by atoms with Crippen molar-refractivity contribution in [2.24, 2.45) is 0 Å². The SMILES string of the molecule is O=C([O-])/C=C/C=C/C(=O)[O-].[NH4+].[NH4+]. The van der Waals surface area contributed by atoms with Crippen LogP contribution in [0.15, 0.2) is 24.3 Å². The second-order valence-corrected chi connectivity index (χ2v) is 1.36. The van der Waals surface area contributed by atoms with Gasteiger partial charge in [0.15, 0.2) is 0 Å². The van der Waals surface area contributed by atoms with Gasteiger partial charge >= 0.3 is 0 Å². The van der Waals surface area contributed by atoms with E-state index in [0.29, 0.717) is 12.2 Å². The number of carbonyl (C=O) groups is 2. The Morgan fingerprint density at radius 1 is 0.833 bits per heavy atom. The van der Waals surface area contributed by atoms with Crippen molar-refractivity contribution in [3.63, 3.8) is 0 Å². The highest BCUT2D eigenvalue weighted by molar-refractivity contribution is 5.80. The van der Waals surface area contributed by atoms with Crippen LogP contribution in [0.1, 0.15) is 0 Å². The van der Waals surface area contributed by atoms with Crippen LogP contribution in [-0.4, -0.2) is 11.9 Å². The van der Waals surface area contributed by atoms with Gasteiger partial charge in [0, 0.05) is 0 Å². The Balaban J connectivity index is -0.000000405. The van der Waals surface area contributed by atoms with E-state index >= 15 is 0 Å². The minimum atomic E-state index is -1.37. The molecule has 0 aliphatic carbocycles. The average Bonchev–Trinajstić information content (AvgIpc) is 1.79. The van der Waals surface area contributed by atoms with Gasteiger partial charge in [0.25, 0.3) is 0 Å². The summed E-state index contributed by atoms with van der Waals surface area (Å²) in [5.74, 6) is -2.74. The molecule has 0 aromatic carbocycles. The molecule has 6 nitrogen and oxygen atoms in total. The van der Waals surface area contributed by atoms with E-state index in [1.165, 1.54) is 0 Å². The molecule has 0 bridgehead atoms. The summed E-state index contributed by atoms with van der Waals surface area (Å²) in [6.45, 7) is 0. The molecule has 0 atom stereocenters. The summed E-state index contributed by atoms with van der Waals surface area (Å²) in [7, 11) is 0. The first-order valence-electron chi connectivity index (χ1n) is 2.39. The summed E-state index contributed by atoms with van der Waals surface area (Å²) >= 11 is 0. The Morgan fingerprint density at radius 2 is 1.08 bits per heavy atom. The number of rotatable bonds is 3. The van der Waals surface area contributed by atoms with Crippen LogP contribution in [-0.2, 0) is 9.59 Å². The standard InChI is InChI=1S/C6H6O4.2H3N/c7-5(8)3-1-2-4-6(9)10;;/h1-4H,(H,7,8)(H,9,10);2*1H3/b3-1+,4-2+;;. The molecular weight excluding hydrogens is 164 g/mol. The Morgan fingerprint density at radius 3 is 1.25 bits per heavy atom. The summed E-state index contributed by atoms with van der Waals surface area (Å²) < 4.78 is 0. The minimum Gasteiger partial charge on any atom is -0.545 e. The lowest BCUT2D eigenvalue weighted by molar-refractivity contribution is -0.299. The van der Waals surface area contributed by atoms with Gasteiger partial charge in [0.1, 0.15) is 0 Å². The van der Waals surface area contributed by atoms with Crippen molar-refractivity contribution >= 4 is 11.9 Å². The molecule has 0 rings (SSSR count). The van der Waals surface area contributed by atoms with Crippen LogP contribution in [0.2, 0.25) is 0 Å². The zero-order chi connectivity index (χ0) is 7.98. The van der Waals surface area contributed by atoms with Crippen molar-refractivity contribution in [1.82, 2.24) is 12.3 Å². The lowest BCUT2D eigenvalue weighted by atomic mass is 10.4. The smallest absolute Gasteiger partial charge is 0.0642 e. The normalized spacial score (nSPS) is 9.00. The molecule has 70 valence electrons. The summed E-state index contributed by atoms with van der Waals surface area (Å²) in [5.41, 5.74) is 0. The summed E-state index contributed by atoms with van der Waals surface area (Å²) in [4.78, 5) is 19.3. The number of allylic oxidation sites excluding steroid dienone is 2. The molecular formula is C6H12N2O4. The van der Waals surface area contributed by atoms with E-state index in [2.05, 4.69) is 0 Å². The highest BCUT2D eigenvalue weighted by Gasteiger charge is 1.69. The molecule has 0 aromatic heterocycles. The van der Waals surface area contributed by atoms with Crippen molar-refractivity contribution in [1.29, 1.82) is 0 Å². The van der Waals surface area contributed by atoms with Gasteiger partial charge in [0.05, 0.1) is 11.9 Å². The topological polar surface area (TPSA) is 153 Å². The molecule has 0 saturated heterocycles. The Bertz CT molecular complexity index is 176. The van der Waals surface area contributed by atoms with Crippen LogP contribution in [0.4, 0.5) is 0 Å². The van der Waals surface area contributed by atoms with Gasteiger partial charge < -0.3 is 32.1 Å². The van der Waals surface area contributed by atoms with Gasteiger partial charge in [-0.05, 0) is 12.2 Å². The molecule has 0 saturated carbocycles. The van der Waals surface area contributed by atoms with Crippen molar-refractivity contribution in [3.05, 3.63) is 24.3 Å². The third kappa shape index (κ3) is 15.8. The predicted molar refractivity (Wildman–Crippen MR) is 40.3 cm³/mol. The maximum atomic E-state index is 9.65.